The Morgan fingerprint density at radius 2 is 1.72 bits per heavy atom. The number of hydrogen-bond donors (Lipinski definition) is 0. The summed E-state index contributed by atoms with van der Waals surface area (Å²) in [5.41, 5.74) is -0.961. The van der Waals surface area contributed by atoms with Gasteiger partial charge in [0.2, 0.25) is 0 Å². The zero-order valence-electron chi connectivity index (χ0n) is 9.57. The van der Waals surface area contributed by atoms with E-state index >= 15 is 0 Å². The minimum atomic E-state index is -4.08. The first-order chi connectivity index (χ1) is 8.39. The van der Waals surface area contributed by atoms with Crippen LogP contribution < -0.4 is 0 Å². The molecule has 0 heterocycles. The molecule has 0 saturated heterocycles. The fourth-order valence-electron chi connectivity index (χ4n) is 0.766. The van der Waals surface area contributed by atoms with E-state index in [2.05, 4.69) is 22.6 Å². The first-order valence-electron chi connectivity index (χ1n) is 4.62. The second kappa shape index (κ2) is 8.10. The Balaban J connectivity index is 4.78. The summed E-state index contributed by atoms with van der Waals surface area (Å²) >= 11 is 0. The molecule has 0 N–H and O–H groups in total. The van der Waals surface area contributed by atoms with Crippen LogP contribution in [0.5, 0.6) is 0 Å². The SMILES string of the molecule is C#CCOP(=O)(CS(=O)(=O)OCC=C)OCC#C. The van der Waals surface area contributed by atoms with Gasteiger partial charge in [-0.3, -0.25) is 17.8 Å². The van der Waals surface area contributed by atoms with E-state index in [0.29, 0.717) is 0 Å². The molecule has 0 amide bonds. The van der Waals surface area contributed by atoms with Gasteiger partial charge in [0.1, 0.15) is 13.2 Å². The van der Waals surface area contributed by atoms with Crippen molar-refractivity contribution in [2.75, 3.05) is 25.3 Å². The third kappa shape index (κ3) is 7.29. The molecule has 0 radical (unpaired) electrons. The van der Waals surface area contributed by atoms with Crippen molar-refractivity contribution in [2.24, 2.45) is 0 Å². The van der Waals surface area contributed by atoms with Gasteiger partial charge in [0.05, 0.1) is 6.61 Å². The second-order valence-electron chi connectivity index (χ2n) is 2.83. The zero-order valence-corrected chi connectivity index (χ0v) is 11.3. The van der Waals surface area contributed by atoms with Crippen molar-refractivity contribution in [2.45, 2.75) is 0 Å². The van der Waals surface area contributed by atoms with Crippen LogP contribution in [-0.4, -0.2) is 33.7 Å². The van der Waals surface area contributed by atoms with Gasteiger partial charge in [-0.25, -0.2) is 0 Å². The number of rotatable bonds is 9. The molecule has 18 heavy (non-hydrogen) atoms. The highest BCUT2D eigenvalue weighted by Gasteiger charge is 2.32. The van der Waals surface area contributed by atoms with Gasteiger partial charge in [0.25, 0.3) is 10.1 Å². The van der Waals surface area contributed by atoms with Crippen LogP contribution in [0.2, 0.25) is 0 Å². The Morgan fingerprint density at radius 3 is 2.11 bits per heavy atom. The van der Waals surface area contributed by atoms with E-state index < -0.39 is 23.2 Å². The molecule has 100 valence electrons. The van der Waals surface area contributed by atoms with Crippen molar-refractivity contribution in [1.82, 2.24) is 0 Å². The van der Waals surface area contributed by atoms with E-state index in [4.69, 9.17) is 21.9 Å². The van der Waals surface area contributed by atoms with Gasteiger partial charge < -0.3 is 0 Å². The van der Waals surface area contributed by atoms with Crippen LogP contribution in [0.1, 0.15) is 0 Å². The van der Waals surface area contributed by atoms with Crippen molar-refractivity contribution in [3.63, 3.8) is 0 Å². The zero-order chi connectivity index (χ0) is 14.1. The summed E-state index contributed by atoms with van der Waals surface area (Å²) in [7, 11) is -8.03. The molecule has 0 bridgehead atoms. The Labute approximate surface area is 107 Å². The molecule has 0 rings (SSSR count). The summed E-state index contributed by atoms with van der Waals surface area (Å²) in [5, 5.41) is 0. The second-order valence-corrected chi connectivity index (χ2v) is 6.95. The normalized spacial score (nSPS) is 11.4. The fraction of sp³-hybridized carbons (Fsp3) is 0.400. The van der Waals surface area contributed by atoms with Crippen LogP contribution in [0.15, 0.2) is 12.7 Å². The largest absolute Gasteiger partial charge is 0.349 e. The smallest absolute Gasteiger partial charge is 0.295 e. The average Bonchev–Trinajstić information content (AvgIpc) is 2.31. The van der Waals surface area contributed by atoms with Crippen LogP contribution in [-0.2, 0) is 27.9 Å². The molecule has 0 spiro atoms. The molecule has 0 aliphatic heterocycles. The molecule has 0 aromatic rings. The lowest BCUT2D eigenvalue weighted by Crippen LogP contribution is -2.14. The van der Waals surface area contributed by atoms with Crippen LogP contribution in [0, 0.1) is 24.7 Å². The first-order valence-corrected chi connectivity index (χ1v) is 7.92. The van der Waals surface area contributed by atoms with Crippen molar-refractivity contribution in [1.29, 1.82) is 0 Å². The third-order valence-electron chi connectivity index (χ3n) is 1.37. The van der Waals surface area contributed by atoms with Gasteiger partial charge in [0.15, 0.2) is 5.49 Å². The van der Waals surface area contributed by atoms with Crippen molar-refractivity contribution in [3.05, 3.63) is 12.7 Å². The minimum absolute atomic E-state index is 0.243. The predicted molar refractivity (Wildman–Crippen MR) is 67.1 cm³/mol. The lowest BCUT2D eigenvalue weighted by atomic mass is 10.7. The van der Waals surface area contributed by atoms with Crippen molar-refractivity contribution >= 4 is 17.7 Å². The molecule has 0 aliphatic rings. The monoisotopic (exact) mass is 292 g/mol. The highest BCUT2D eigenvalue weighted by molar-refractivity contribution is 7.93. The molecule has 0 aromatic carbocycles. The van der Waals surface area contributed by atoms with Crippen molar-refractivity contribution in [3.8, 4) is 24.7 Å². The summed E-state index contributed by atoms with van der Waals surface area (Å²) in [5.74, 6) is 4.10. The molecular formula is C10H13O6PS. The maximum Gasteiger partial charge on any atom is 0.349 e. The van der Waals surface area contributed by atoms with E-state index in [-0.39, 0.29) is 19.8 Å². The fourth-order valence-corrected chi connectivity index (χ4v) is 4.13. The molecule has 0 saturated carbocycles. The highest BCUT2D eigenvalue weighted by Crippen LogP contribution is 2.49. The van der Waals surface area contributed by atoms with Gasteiger partial charge in [-0.15, -0.1) is 19.4 Å². The van der Waals surface area contributed by atoms with Crippen molar-refractivity contribution < 1.29 is 26.2 Å². The summed E-state index contributed by atoms with van der Waals surface area (Å²) in [6.45, 7) is 2.32. The van der Waals surface area contributed by atoms with Gasteiger partial charge >= 0.3 is 7.60 Å². The van der Waals surface area contributed by atoms with Gasteiger partial charge in [-0.2, -0.15) is 8.42 Å². The Kier molecular flexibility index (Phi) is 7.61. The Bertz CT molecular complexity index is 473. The standard InChI is InChI=1S/C10H13O6PS/c1-4-7-14-17(11,15-8-5-2)10-18(12,13)16-9-6-3/h1-2,6H,3,7-10H2. The van der Waals surface area contributed by atoms with Crippen LogP contribution in [0.25, 0.3) is 0 Å². The molecule has 0 unspecified atom stereocenters. The lowest BCUT2D eigenvalue weighted by Gasteiger charge is -2.15. The molecular weight excluding hydrogens is 279 g/mol. The van der Waals surface area contributed by atoms with E-state index in [1.807, 2.05) is 0 Å². The molecule has 6 nitrogen and oxygen atoms in total. The Hall–Kier alpha value is -1.08. The van der Waals surface area contributed by atoms with E-state index in [0.717, 1.165) is 0 Å². The third-order valence-corrected chi connectivity index (χ3v) is 5.44. The van der Waals surface area contributed by atoms with Gasteiger partial charge in [-0.05, 0) is 0 Å². The maximum absolute atomic E-state index is 12.0. The molecule has 0 aromatic heterocycles. The van der Waals surface area contributed by atoms with E-state index in [9.17, 15) is 13.0 Å². The summed E-state index contributed by atoms with van der Waals surface area (Å²) in [6.07, 6.45) is 11.1. The predicted octanol–water partition coefficient (Wildman–Crippen LogP) is 0.969. The van der Waals surface area contributed by atoms with Crippen LogP contribution in [0.4, 0.5) is 0 Å². The number of hydrogen-bond acceptors (Lipinski definition) is 6. The summed E-state index contributed by atoms with van der Waals surface area (Å²) < 4.78 is 48.7. The molecule has 0 aliphatic carbocycles. The molecule has 0 fully saturated rings. The highest BCUT2D eigenvalue weighted by atomic mass is 32.2. The van der Waals surface area contributed by atoms with Gasteiger partial charge in [-0.1, -0.05) is 17.9 Å². The first kappa shape index (κ1) is 16.9. The topological polar surface area (TPSA) is 78.9 Å². The average molecular weight is 292 g/mol. The van der Waals surface area contributed by atoms with Gasteiger partial charge in [0, 0.05) is 0 Å². The van der Waals surface area contributed by atoms with E-state index in [1.165, 1.54) is 6.08 Å². The lowest BCUT2D eigenvalue weighted by molar-refractivity contribution is 0.244. The quantitative estimate of drug-likeness (QED) is 0.273. The maximum atomic E-state index is 12.0. The van der Waals surface area contributed by atoms with E-state index in [1.54, 1.807) is 0 Å². The number of terminal acetylenes is 2. The summed E-state index contributed by atoms with van der Waals surface area (Å²) in [6, 6.07) is 0. The Morgan fingerprint density at radius 1 is 1.22 bits per heavy atom. The minimum Gasteiger partial charge on any atom is -0.295 e. The summed E-state index contributed by atoms with van der Waals surface area (Å²) in [4.78, 5) is 0. The molecule has 0 atom stereocenters. The van der Waals surface area contributed by atoms with Crippen LogP contribution >= 0.6 is 7.60 Å². The van der Waals surface area contributed by atoms with Crippen LogP contribution in [0.3, 0.4) is 0 Å². The molecule has 8 heteroatoms.